The van der Waals surface area contributed by atoms with Crippen LogP contribution in [0.2, 0.25) is 40.3 Å². The van der Waals surface area contributed by atoms with E-state index in [0.717, 1.165) is 87.7 Å². The van der Waals surface area contributed by atoms with E-state index in [1.165, 1.54) is 50.9 Å². The van der Waals surface area contributed by atoms with Gasteiger partial charge in [0.05, 0.1) is 48.4 Å². The molecule has 6 saturated carbocycles. The van der Waals surface area contributed by atoms with Gasteiger partial charge in [-0.15, -0.1) is 0 Å². The van der Waals surface area contributed by atoms with Crippen molar-refractivity contribution in [3.8, 4) is 5.69 Å². The van der Waals surface area contributed by atoms with Crippen molar-refractivity contribution >= 4 is 82.9 Å². The lowest BCUT2D eigenvalue weighted by atomic mass is 9.59. The van der Waals surface area contributed by atoms with Crippen LogP contribution in [0, 0.1) is 28.7 Å². The molecule has 15 rings (SSSR count). The monoisotopic (exact) mass is 1060 g/mol. The fraction of sp³-hybridized carbons (Fsp3) is 0.682. The third-order valence-electron chi connectivity index (χ3n) is 14.5. The Labute approximate surface area is 419 Å². The van der Waals surface area contributed by atoms with E-state index in [1.807, 2.05) is 19.6 Å². The normalized spacial score (nSPS) is 34.8. The molecule has 18 nitrogen and oxygen atoms in total. The molecule has 6 atom stereocenters. The maximum atomic E-state index is 10.9. The number of amides is 1. The zero-order valence-corrected chi connectivity index (χ0v) is 43.1. The summed E-state index contributed by atoms with van der Waals surface area (Å²) in [5, 5.41) is 37.1. The summed E-state index contributed by atoms with van der Waals surface area (Å²) in [4.78, 5) is 40.1. The predicted molar refractivity (Wildman–Crippen MR) is 262 cm³/mol. The molecule has 3 aromatic rings. The van der Waals surface area contributed by atoms with E-state index in [1.54, 1.807) is 24.8 Å². The minimum Gasteiger partial charge on any atom is -0.390 e. The quantitative estimate of drug-likeness (QED) is 0.0877. The van der Waals surface area contributed by atoms with Gasteiger partial charge in [0.15, 0.2) is 8.07 Å². The Morgan fingerprint density at radius 2 is 0.971 bits per heavy atom. The summed E-state index contributed by atoms with van der Waals surface area (Å²) in [5.41, 5.74) is 1.59. The van der Waals surface area contributed by atoms with Gasteiger partial charge < -0.3 is 30.6 Å². The highest BCUT2D eigenvalue weighted by atomic mass is 35.5. The predicted octanol–water partition coefficient (Wildman–Crippen LogP) is 6.95. The van der Waals surface area contributed by atoms with Crippen LogP contribution in [0.1, 0.15) is 96.3 Å². The molecule has 9 heterocycles. The van der Waals surface area contributed by atoms with Crippen molar-refractivity contribution in [3.05, 3.63) is 57.8 Å². The van der Waals surface area contributed by atoms with Crippen LogP contribution in [0.15, 0.2) is 37.2 Å². The number of carbonyl (C=O) groups is 1. The molecule has 0 radical (unpaired) electrons. The number of piperidine rings is 6. The number of nitrogens with one attached hydrogen (secondary N) is 2. The standard InChI is InChI=1S/C14H17ClN4O.C13H16ClN3O.C9H15NO.C4H2Cl2N2.C4H9NSi.H2O4S/c15-12-6-17-13(7-16-12)19-10-1-9-2-11(19)5-14(3-9,4-10)18-8-20;14-11-6-16-12(7-15-11)17-9-1-8-2-10(17)5-13(18,3-8)4-9;11-9-3-6-1-7(4-9)10-8(2-6)5-9;5-3-1-7-4(6)2-8-3;1-6(2,3)4-5;1-5(2,3)4/h6-11H,1-5H2,(H,18,20);6-10,18H,1-5H2;6-8,10-11H,1-5H2;1-2H;1-3H3;(H2,1,2,3,4). The third-order valence-corrected chi connectivity index (χ3v) is 15.9. The van der Waals surface area contributed by atoms with Gasteiger partial charge in [0.1, 0.15) is 32.2 Å². The van der Waals surface area contributed by atoms with Crippen molar-refractivity contribution in [3.63, 3.8) is 0 Å². The number of nitriles is 1. The van der Waals surface area contributed by atoms with Crippen molar-refractivity contribution in [1.29, 1.82) is 5.26 Å². The van der Waals surface area contributed by atoms with E-state index in [4.69, 9.17) is 69.2 Å². The lowest BCUT2D eigenvalue weighted by molar-refractivity contribution is -0.113. The summed E-state index contributed by atoms with van der Waals surface area (Å²) in [6, 6.07) is 3.07. The van der Waals surface area contributed by atoms with E-state index in [2.05, 4.69) is 56.0 Å². The van der Waals surface area contributed by atoms with Gasteiger partial charge in [-0.2, -0.15) is 8.42 Å². The van der Waals surface area contributed by atoms with Crippen LogP contribution in [-0.4, -0.2) is 125 Å². The average Bonchev–Trinajstić information content (AvgIpc) is 3.21. The van der Waals surface area contributed by atoms with Gasteiger partial charge in [0, 0.05) is 47.5 Å². The highest BCUT2D eigenvalue weighted by Crippen LogP contribution is 2.53. The van der Waals surface area contributed by atoms with Gasteiger partial charge >= 0.3 is 10.4 Å². The number of anilines is 2. The highest BCUT2D eigenvalue weighted by Gasteiger charge is 2.56. The Morgan fingerprint density at radius 1 is 0.632 bits per heavy atom. The van der Waals surface area contributed by atoms with Gasteiger partial charge in [-0.3, -0.25) is 13.9 Å². The van der Waals surface area contributed by atoms with Crippen LogP contribution >= 0.6 is 46.4 Å². The first-order valence-electron chi connectivity index (χ1n) is 23.1. The number of nitrogens with zero attached hydrogens (tertiary/aromatic N) is 9. The molecule has 6 aliphatic carbocycles. The molecule has 1 amide bonds. The molecule has 6 N–H and O–H groups in total. The SMILES string of the molecule is C[Si](C)(C)C#N.Clc1cnc(Cl)cn1.O=CNC12CC3CC(C1)N(c1cnc(Cl)cn1)C(C3)C2.O=S(=O)(O)O.OC12CC3CC(C1)N(c1cnc(Cl)cn1)C(C3)C2.OC12CC3CC(C1)NC(C3)C2. The fourth-order valence-electron chi connectivity index (χ4n) is 13.0. The molecule has 12 aliphatic rings. The molecule has 372 valence electrons. The van der Waals surface area contributed by atoms with Crippen molar-refractivity contribution in [1.82, 2.24) is 40.5 Å². The Balaban J connectivity index is 0.000000130. The Morgan fingerprint density at radius 3 is 1.28 bits per heavy atom. The van der Waals surface area contributed by atoms with E-state index in [9.17, 15) is 15.0 Å². The fourth-order valence-corrected chi connectivity index (χ4v) is 13.4. The maximum absolute atomic E-state index is 10.9. The molecule has 12 bridgehead atoms. The van der Waals surface area contributed by atoms with Gasteiger partial charge in [-0.25, -0.2) is 35.2 Å². The van der Waals surface area contributed by atoms with Crippen LogP contribution in [0.5, 0.6) is 0 Å². The number of rotatable bonds is 4. The number of hydrogen-bond donors (Lipinski definition) is 6. The Bertz CT molecular complexity index is 2260. The maximum Gasteiger partial charge on any atom is 0.394 e. The molecule has 6 aliphatic heterocycles. The summed E-state index contributed by atoms with van der Waals surface area (Å²) >= 11 is 22.4. The third kappa shape index (κ3) is 14.1. The van der Waals surface area contributed by atoms with E-state index < -0.39 is 24.1 Å². The van der Waals surface area contributed by atoms with Crippen LogP contribution in [0.3, 0.4) is 0 Å². The topological polar surface area (TPSA) is 264 Å². The highest BCUT2D eigenvalue weighted by molar-refractivity contribution is 7.79. The van der Waals surface area contributed by atoms with Crippen molar-refractivity contribution < 1.29 is 32.5 Å². The number of aliphatic hydroxyl groups is 2. The number of hydrogen-bond acceptors (Lipinski definition) is 15. The number of aromatic nitrogens is 6. The number of halogens is 4. The summed E-state index contributed by atoms with van der Waals surface area (Å²) in [5.74, 6) is 4.10. The number of carbonyl (C=O) groups excluding carboxylic acids is 1. The van der Waals surface area contributed by atoms with Crippen LogP contribution < -0.4 is 20.4 Å². The minimum absolute atomic E-state index is 0.0224. The van der Waals surface area contributed by atoms with Crippen molar-refractivity contribution in [2.45, 2.75) is 169 Å². The van der Waals surface area contributed by atoms with Crippen LogP contribution in [0.25, 0.3) is 0 Å². The first-order valence-corrected chi connectivity index (χ1v) is 29.5. The van der Waals surface area contributed by atoms with E-state index >= 15 is 0 Å². The summed E-state index contributed by atoms with van der Waals surface area (Å²) in [6.07, 6.45) is 26.8. The lowest BCUT2D eigenvalue weighted by Crippen LogP contribution is -2.68. The largest absolute Gasteiger partial charge is 0.394 e. The smallest absolute Gasteiger partial charge is 0.390 e. The molecule has 12 fully saturated rings. The summed E-state index contributed by atoms with van der Waals surface area (Å²) < 4.78 is 31.6. The molecule has 0 aromatic carbocycles. The molecular formula is C44H61Cl4N11O7SSi. The summed E-state index contributed by atoms with van der Waals surface area (Å²) in [6.45, 7) is 6.06. The van der Waals surface area contributed by atoms with E-state index in [0.29, 0.717) is 62.8 Å². The first kappa shape index (κ1) is 52.7. The van der Waals surface area contributed by atoms with E-state index in [-0.39, 0.29) is 11.1 Å². The zero-order valence-electron chi connectivity index (χ0n) is 38.3. The first-order chi connectivity index (χ1) is 31.9. The Hall–Kier alpha value is -3.07. The second kappa shape index (κ2) is 21.3. The molecule has 6 saturated heterocycles. The van der Waals surface area contributed by atoms with Crippen LogP contribution in [-0.2, 0) is 15.2 Å². The minimum atomic E-state index is -4.67. The van der Waals surface area contributed by atoms with Gasteiger partial charge in [-0.1, -0.05) is 66.0 Å². The molecule has 68 heavy (non-hydrogen) atoms. The lowest BCUT2D eigenvalue weighted by Gasteiger charge is -2.61. The second-order valence-electron chi connectivity index (χ2n) is 21.2. The summed E-state index contributed by atoms with van der Waals surface area (Å²) in [7, 11) is -5.99. The Kier molecular flexibility index (Phi) is 16.5. The van der Waals surface area contributed by atoms with Crippen LogP contribution in [0.4, 0.5) is 11.6 Å². The molecule has 24 heteroatoms. The van der Waals surface area contributed by atoms with Gasteiger partial charge in [-0.05, 0) is 114 Å². The average molecular weight is 1060 g/mol. The van der Waals surface area contributed by atoms with Gasteiger partial charge in [0.2, 0.25) is 6.41 Å². The van der Waals surface area contributed by atoms with Crippen molar-refractivity contribution in [2.75, 3.05) is 9.80 Å². The van der Waals surface area contributed by atoms with Gasteiger partial charge in [0.25, 0.3) is 0 Å². The molecular weight excluding hydrogens is 997 g/mol. The second-order valence-corrected chi connectivity index (χ2v) is 28.4. The van der Waals surface area contributed by atoms with Crippen molar-refractivity contribution in [2.24, 2.45) is 17.8 Å². The molecule has 6 unspecified atom stereocenters. The zero-order chi connectivity index (χ0) is 49.2. The molecule has 0 spiro atoms. The molecule has 3 aromatic heterocycles.